The van der Waals surface area contributed by atoms with Crippen LogP contribution >= 0.6 is 11.8 Å². The summed E-state index contributed by atoms with van der Waals surface area (Å²) in [7, 11) is 0. The largest absolute Gasteiger partial charge is 0.490 e. The normalized spacial score (nSPS) is 15.2. The number of amides is 2. The molecule has 1 heterocycles. The predicted octanol–water partition coefficient (Wildman–Crippen LogP) is 5.41. The van der Waals surface area contributed by atoms with Crippen LogP contribution in [0.25, 0.3) is 0 Å². The smallest absolute Gasteiger partial charge is 0.271 e. The fourth-order valence-corrected chi connectivity index (χ4v) is 5.10. The van der Waals surface area contributed by atoms with Gasteiger partial charge in [-0.05, 0) is 60.4 Å². The number of ether oxygens (including phenoxy) is 2. The molecule has 1 fully saturated rings. The first-order valence-electron chi connectivity index (χ1n) is 12.4. The van der Waals surface area contributed by atoms with E-state index in [0.29, 0.717) is 42.6 Å². The van der Waals surface area contributed by atoms with E-state index in [1.165, 1.54) is 0 Å². The number of carbonyl (C=O) groups excluding carboxylic acids is 2. The Kier molecular flexibility index (Phi) is 9.21. The number of benzene rings is 3. The van der Waals surface area contributed by atoms with Crippen molar-refractivity contribution >= 4 is 29.8 Å². The average Bonchev–Trinajstić information content (AvgIpc) is 3.28. The summed E-state index contributed by atoms with van der Waals surface area (Å²) < 4.78 is 11.4. The van der Waals surface area contributed by atoms with E-state index in [0.717, 1.165) is 23.1 Å². The van der Waals surface area contributed by atoms with E-state index in [1.54, 1.807) is 30.1 Å². The highest BCUT2D eigenvalue weighted by molar-refractivity contribution is 8.00. The molecule has 0 aliphatic carbocycles. The lowest BCUT2D eigenvalue weighted by Gasteiger charge is -2.24. The SMILES string of the molecule is CCCOc1ccc(C=NNC(=O)c2ccc(C3SCC(=O)N3Cc3ccccc3)cc2)cc1OCC. The Morgan fingerprint density at radius 3 is 2.57 bits per heavy atom. The Hall–Kier alpha value is -3.78. The van der Waals surface area contributed by atoms with Crippen molar-refractivity contribution in [3.63, 3.8) is 0 Å². The zero-order chi connectivity index (χ0) is 26.0. The molecule has 1 atom stereocenters. The summed E-state index contributed by atoms with van der Waals surface area (Å²) in [5.41, 5.74) is 5.92. The summed E-state index contributed by atoms with van der Waals surface area (Å²) >= 11 is 1.60. The maximum Gasteiger partial charge on any atom is 0.271 e. The number of hydrogen-bond acceptors (Lipinski definition) is 6. The third kappa shape index (κ3) is 6.92. The highest BCUT2D eigenvalue weighted by Crippen LogP contribution is 2.39. The second kappa shape index (κ2) is 13.0. The van der Waals surface area contributed by atoms with E-state index >= 15 is 0 Å². The molecule has 4 rings (SSSR count). The number of thioether (sulfide) groups is 1. The predicted molar refractivity (Wildman–Crippen MR) is 147 cm³/mol. The number of hydrogen-bond donors (Lipinski definition) is 1. The molecule has 1 aliphatic heterocycles. The number of nitrogens with zero attached hydrogens (tertiary/aromatic N) is 2. The van der Waals surface area contributed by atoms with Gasteiger partial charge in [0.1, 0.15) is 5.37 Å². The van der Waals surface area contributed by atoms with Crippen molar-refractivity contribution in [2.24, 2.45) is 5.10 Å². The fraction of sp³-hybridized carbons (Fsp3) is 0.276. The third-order valence-corrected chi connectivity index (χ3v) is 6.99. The van der Waals surface area contributed by atoms with Crippen LogP contribution < -0.4 is 14.9 Å². The lowest BCUT2D eigenvalue weighted by molar-refractivity contribution is -0.128. The number of nitrogens with one attached hydrogen (secondary N) is 1. The number of hydrazone groups is 1. The van der Waals surface area contributed by atoms with E-state index < -0.39 is 0 Å². The summed E-state index contributed by atoms with van der Waals surface area (Å²) in [5.74, 6) is 1.59. The van der Waals surface area contributed by atoms with Crippen molar-refractivity contribution in [1.82, 2.24) is 10.3 Å². The van der Waals surface area contributed by atoms with Crippen LogP contribution in [0.1, 0.15) is 52.7 Å². The summed E-state index contributed by atoms with van der Waals surface area (Å²) in [4.78, 5) is 27.0. The highest BCUT2D eigenvalue weighted by Gasteiger charge is 2.32. The minimum Gasteiger partial charge on any atom is -0.490 e. The Morgan fingerprint density at radius 2 is 1.84 bits per heavy atom. The minimum absolute atomic E-state index is 0.0772. The standard InChI is InChI=1S/C29H31N3O4S/c1-3-16-36-25-15-10-22(17-26(25)35-4-2)18-30-31-28(34)23-11-13-24(14-12-23)29-32(27(33)20-37-29)19-21-8-6-5-7-9-21/h5-15,17-18,29H,3-4,16,19-20H2,1-2H3,(H,31,34). The lowest BCUT2D eigenvalue weighted by Crippen LogP contribution is -2.27. The van der Waals surface area contributed by atoms with Crippen molar-refractivity contribution in [3.8, 4) is 11.5 Å². The van der Waals surface area contributed by atoms with E-state index in [4.69, 9.17) is 9.47 Å². The zero-order valence-electron chi connectivity index (χ0n) is 21.1. The van der Waals surface area contributed by atoms with Gasteiger partial charge in [-0.25, -0.2) is 5.43 Å². The maximum atomic E-state index is 12.6. The Morgan fingerprint density at radius 1 is 1.05 bits per heavy atom. The van der Waals surface area contributed by atoms with Gasteiger partial charge >= 0.3 is 0 Å². The molecule has 1 unspecified atom stereocenters. The molecule has 2 amide bonds. The summed E-state index contributed by atoms with van der Waals surface area (Å²) in [5, 5.41) is 4.02. The van der Waals surface area contributed by atoms with Crippen LogP contribution in [0.4, 0.5) is 0 Å². The second-order valence-corrected chi connectivity index (χ2v) is 9.55. The van der Waals surface area contributed by atoms with Gasteiger partial charge in [0.25, 0.3) is 5.91 Å². The summed E-state index contributed by atoms with van der Waals surface area (Å²) in [6.45, 7) is 5.66. The average molecular weight is 518 g/mol. The highest BCUT2D eigenvalue weighted by atomic mass is 32.2. The third-order valence-electron chi connectivity index (χ3n) is 5.73. The molecule has 0 radical (unpaired) electrons. The molecule has 3 aromatic rings. The van der Waals surface area contributed by atoms with Crippen LogP contribution in [0.5, 0.6) is 11.5 Å². The maximum absolute atomic E-state index is 12.6. The van der Waals surface area contributed by atoms with Gasteiger partial charge in [0.15, 0.2) is 11.5 Å². The van der Waals surface area contributed by atoms with Crippen molar-refractivity contribution in [2.45, 2.75) is 32.2 Å². The van der Waals surface area contributed by atoms with Crippen molar-refractivity contribution in [2.75, 3.05) is 19.0 Å². The minimum atomic E-state index is -0.313. The molecule has 1 N–H and O–H groups in total. The molecule has 0 saturated carbocycles. The monoisotopic (exact) mass is 517 g/mol. The Labute approximate surface area is 221 Å². The van der Waals surface area contributed by atoms with Gasteiger partial charge in [0.2, 0.25) is 5.91 Å². The van der Waals surface area contributed by atoms with Gasteiger partial charge in [-0.1, -0.05) is 49.4 Å². The van der Waals surface area contributed by atoms with E-state index in [2.05, 4.69) is 10.5 Å². The Bertz CT molecular complexity index is 1230. The lowest BCUT2D eigenvalue weighted by atomic mass is 10.1. The first kappa shape index (κ1) is 26.3. The molecule has 7 nitrogen and oxygen atoms in total. The summed E-state index contributed by atoms with van der Waals surface area (Å²) in [6.07, 6.45) is 2.48. The molecule has 0 spiro atoms. The molecular formula is C29H31N3O4S. The molecule has 1 saturated heterocycles. The molecule has 1 aliphatic rings. The van der Waals surface area contributed by atoms with Gasteiger partial charge in [0, 0.05) is 12.1 Å². The molecule has 192 valence electrons. The van der Waals surface area contributed by atoms with Crippen LogP contribution in [0, 0.1) is 0 Å². The first-order chi connectivity index (χ1) is 18.1. The molecule has 37 heavy (non-hydrogen) atoms. The molecule has 0 bridgehead atoms. The van der Waals surface area contributed by atoms with Gasteiger partial charge in [-0.15, -0.1) is 11.8 Å². The topological polar surface area (TPSA) is 80.2 Å². The van der Waals surface area contributed by atoms with E-state index in [-0.39, 0.29) is 17.2 Å². The van der Waals surface area contributed by atoms with E-state index in [1.807, 2.05) is 79.4 Å². The summed E-state index contributed by atoms with van der Waals surface area (Å²) in [6, 6.07) is 22.8. The van der Waals surface area contributed by atoms with Crippen molar-refractivity contribution in [1.29, 1.82) is 0 Å². The molecule has 8 heteroatoms. The fourth-order valence-electron chi connectivity index (χ4n) is 3.91. The van der Waals surface area contributed by atoms with Gasteiger partial charge in [-0.3, -0.25) is 9.59 Å². The van der Waals surface area contributed by atoms with Crippen molar-refractivity contribution < 1.29 is 19.1 Å². The van der Waals surface area contributed by atoms with Gasteiger partial charge in [-0.2, -0.15) is 5.10 Å². The van der Waals surface area contributed by atoms with Crippen LogP contribution in [-0.4, -0.2) is 41.9 Å². The van der Waals surface area contributed by atoms with Crippen LogP contribution in [0.15, 0.2) is 77.9 Å². The quantitative estimate of drug-likeness (QED) is 0.272. The van der Waals surface area contributed by atoms with E-state index in [9.17, 15) is 9.59 Å². The van der Waals surface area contributed by atoms with Crippen LogP contribution in [0.2, 0.25) is 0 Å². The number of rotatable bonds is 11. The zero-order valence-corrected chi connectivity index (χ0v) is 21.9. The Balaban J connectivity index is 1.37. The van der Waals surface area contributed by atoms with Crippen LogP contribution in [-0.2, 0) is 11.3 Å². The molecule has 3 aromatic carbocycles. The number of carbonyl (C=O) groups is 2. The molecular weight excluding hydrogens is 486 g/mol. The van der Waals surface area contributed by atoms with Crippen LogP contribution in [0.3, 0.4) is 0 Å². The molecule has 0 aromatic heterocycles. The van der Waals surface area contributed by atoms with Crippen molar-refractivity contribution in [3.05, 3.63) is 95.1 Å². The first-order valence-corrected chi connectivity index (χ1v) is 13.4. The second-order valence-electron chi connectivity index (χ2n) is 8.48. The van der Waals surface area contributed by atoms with Gasteiger partial charge in [0.05, 0.1) is 25.2 Å². The van der Waals surface area contributed by atoms with Gasteiger partial charge < -0.3 is 14.4 Å².